The molecule has 0 bridgehead atoms. The highest BCUT2D eigenvalue weighted by molar-refractivity contribution is 6.05. The van der Waals surface area contributed by atoms with Gasteiger partial charge in [0.05, 0.1) is 0 Å². The fourth-order valence-electron chi connectivity index (χ4n) is 3.92. The number of phenols is 1. The number of nitrogens with one attached hydrogen (secondary N) is 2. The number of nitrogens with zero attached hydrogens (tertiary/aromatic N) is 1. The van der Waals surface area contributed by atoms with Gasteiger partial charge in [0.1, 0.15) is 5.75 Å². The summed E-state index contributed by atoms with van der Waals surface area (Å²) in [5, 5.41) is 16.4. The maximum absolute atomic E-state index is 12.8. The summed E-state index contributed by atoms with van der Waals surface area (Å²) < 4.78 is 0. The first-order valence-electron chi connectivity index (χ1n) is 11.3. The third-order valence-corrected chi connectivity index (χ3v) is 5.88. The Morgan fingerprint density at radius 3 is 2.18 bits per heavy atom. The zero-order valence-corrected chi connectivity index (χ0v) is 19.0. The second kappa shape index (κ2) is 9.88. The summed E-state index contributed by atoms with van der Waals surface area (Å²) in [5.74, 6) is 0.146. The van der Waals surface area contributed by atoms with Gasteiger partial charge in [0.15, 0.2) is 0 Å². The number of amides is 2. The molecule has 170 valence electrons. The Morgan fingerprint density at radius 2 is 1.55 bits per heavy atom. The molecule has 0 aliphatic carbocycles. The van der Waals surface area contributed by atoms with E-state index >= 15 is 0 Å². The van der Waals surface area contributed by atoms with Crippen LogP contribution in [0.15, 0.2) is 66.7 Å². The van der Waals surface area contributed by atoms with Crippen LogP contribution in [0.2, 0.25) is 0 Å². The number of benzene rings is 3. The van der Waals surface area contributed by atoms with Crippen LogP contribution in [-0.2, 0) is 0 Å². The molecule has 0 aromatic heterocycles. The second-order valence-corrected chi connectivity index (χ2v) is 8.62. The SMILES string of the molecule is CC(C)c1ccc(NC(=O)c2cc(O)cc(-c3ccc(C(=O)N4CCNCC4)cc3)c2)cc1. The van der Waals surface area contributed by atoms with Gasteiger partial charge in [0.2, 0.25) is 0 Å². The van der Waals surface area contributed by atoms with Crippen molar-refractivity contribution in [1.29, 1.82) is 0 Å². The topological polar surface area (TPSA) is 81.7 Å². The number of phenolic OH excluding ortho intramolecular Hbond substituents is 1. The molecule has 1 aliphatic heterocycles. The summed E-state index contributed by atoms with van der Waals surface area (Å²) in [7, 11) is 0. The minimum Gasteiger partial charge on any atom is -0.508 e. The first kappa shape index (κ1) is 22.6. The number of carbonyl (C=O) groups is 2. The lowest BCUT2D eigenvalue weighted by atomic mass is 10.0. The molecule has 1 aliphatic rings. The predicted molar refractivity (Wildman–Crippen MR) is 131 cm³/mol. The molecular weight excluding hydrogens is 414 g/mol. The fourth-order valence-corrected chi connectivity index (χ4v) is 3.92. The molecule has 3 N–H and O–H groups in total. The number of anilines is 1. The van der Waals surface area contributed by atoms with Crippen LogP contribution in [0.1, 0.15) is 46.0 Å². The van der Waals surface area contributed by atoms with Crippen LogP contribution < -0.4 is 10.6 Å². The van der Waals surface area contributed by atoms with Crippen molar-refractivity contribution in [2.45, 2.75) is 19.8 Å². The van der Waals surface area contributed by atoms with E-state index in [0.29, 0.717) is 41.4 Å². The zero-order chi connectivity index (χ0) is 23.4. The standard InChI is InChI=1S/C27H29N3O3/c1-18(2)19-7-9-24(10-8-19)29-26(32)23-15-22(16-25(31)17-23)20-3-5-21(6-4-20)27(33)30-13-11-28-12-14-30/h3-10,15-18,28,31H,11-14H2,1-2H3,(H,29,32). The Kier molecular flexibility index (Phi) is 6.75. The van der Waals surface area contributed by atoms with E-state index in [1.165, 1.54) is 11.6 Å². The van der Waals surface area contributed by atoms with E-state index in [1.54, 1.807) is 24.3 Å². The van der Waals surface area contributed by atoms with Crippen LogP contribution >= 0.6 is 0 Å². The zero-order valence-electron chi connectivity index (χ0n) is 19.0. The Hall–Kier alpha value is -3.64. The molecule has 6 nitrogen and oxygen atoms in total. The van der Waals surface area contributed by atoms with Crippen LogP contribution in [0, 0.1) is 0 Å². The smallest absolute Gasteiger partial charge is 0.255 e. The molecule has 0 saturated carbocycles. The van der Waals surface area contributed by atoms with Crippen molar-refractivity contribution in [2.24, 2.45) is 0 Å². The minimum absolute atomic E-state index is 0.00813. The van der Waals surface area contributed by atoms with Crippen molar-refractivity contribution in [2.75, 3.05) is 31.5 Å². The Morgan fingerprint density at radius 1 is 0.879 bits per heavy atom. The molecule has 3 aromatic rings. The molecule has 0 radical (unpaired) electrons. The van der Waals surface area contributed by atoms with E-state index in [0.717, 1.165) is 18.7 Å². The van der Waals surface area contributed by atoms with E-state index in [-0.39, 0.29) is 17.6 Å². The largest absolute Gasteiger partial charge is 0.508 e. The second-order valence-electron chi connectivity index (χ2n) is 8.62. The fraction of sp³-hybridized carbons (Fsp3) is 0.259. The summed E-state index contributed by atoms with van der Waals surface area (Å²) in [5.41, 5.74) is 4.41. The van der Waals surface area contributed by atoms with Gasteiger partial charge in [-0.3, -0.25) is 9.59 Å². The number of carbonyl (C=O) groups excluding carboxylic acids is 2. The molecule has 0 atom stereocenters. The highest BCUT2D eigenvalue weighted by Gasteiger charge is 2.18. The van der Waals surface area contributed by atoms with Crippen LogP contribution in [-0.4, -0.2) is 48.0 Å². The van der Waals surface area contributed by atoms with Gasteiger partial charge in [0, 0.05) is 43.0 Å². The summed E-state index contributed by atoms with van der Waals surface area (Å²) in [6.07, 6.45) is 0. The molecule has 0 unspecified atom stereocenters. The van der Waals surface area contributed by atoms with Crippen LogP contribution in [0.4, 0.5) is 5.69 Å². The lowest BCUT2D eigenvalue weighted by molar-refractivity contribution is 0.0735. The van der Waals surface area contributed by atoms with Crippen molar-refractivity contribution in [1.82, 2.24) is 10.2 Å². The molecule has 0 spiro atoms. The Balaban J connectivity index is 1.50. The van der Waals surface area contributed by atoms with E-state index in [2.05, 4.69) is 24.5 Å². The van der Waals surface area contributed by atoms with Gasteiger partial charge in [-0.05, 0) is 65.1 Å². The summed E-state index contributed by atoms with van der Waals surface area (Å²) in [4.78, 5) is 27.3. The quantitative estimate of drug-likeness (QED) is 0.543. The number of hydrogen-bond acceptors (Lipinski definition) is 4. The number of rotatable bonds is 5. The molecule has 1 fully saturated rings. The summed E-state index contributed by atoms with van der Waals surface area (Å²) >= 11 is 0. The summed E-state index contributed by atoms with van der Waals surface area (Å²) in [6, 6.07) is 19.8. The van der Waals surface area contributed by atoms with Crippen molar-refractivity contribution in [3.63, 3.8) is 0 Å². The van der Waals surface area contributed by atoms with Gasteiger partial charge in [-0.15, -0.1) is 0 Å². The molecule has 33 heavy (non-hydrogen) atoms. The molecule has 2 amide bonds. The lowest BCUT2D eigenvalue weighted by Crippen LogP contribution is -2.46. The Bertz CT molecular complexity index is 1130. The number of hydrogen-bond donors (Lipinski definition) is 3. The molecule has 6 heteroatoms. The van der Waals surface area contributed by atoms with Gasteiger partial charge in [0.25, 0.3) is 11.8 Å². The maximum Gasteiger partial charge on any atom is 0.255 e. The normalized spacial score (nSPS) is 13.7. The monoisotopic (exact) mass is 443 g/mol. The van der Waals surface area contributed by atoms with Crippen LogP contribution in [0.3, 0.4) is 0 Å². The summed E-state index contributed by atoms with van der Waals surface area (Å²) in [6.45, 7) is 7.25. The highest BCUT2D eigenvalue weighted by Crippen LogP contribution is 2.27. The van der Waals surface area contributed by atoms with Crippen molar-refractivity contribution < 1.29 is 14.7 Å². The number of piperazine rings is 1. The molecule has 4 rings (SSSR count). The number of aromatic hydroxyl groups is 1. The molecule has 1 saturated heterocycles. The van der Waals surface area contributed by atoms with E-state index in [4.69, 9.17) is 0 Å². The predicted octanol–water partition coefficient (Wildman–Crippen LogP) is 4.48. The van der Waals surface area contributed by atoms with E-state index in [9.17, 15) is 14.7 Å². The molecule has 1 heterocycles. The van der Waals surface area contributed by atoms with E-state index < -0.39 is 0 Å². The maximum atomic E-state index is 12.8. The average Bonchev–Trinajstić information content (AvgIpc) is 2.84. The van der Waals surface area contributed by atoms with Gasteiger partial charge in [-0.25, -0.2) is 0 Å². The van der Waals surface area contributed by atoms with Gasteiger partial charge in [-0.1, -0.05) is 38.1 Å². The average molecular weight is 444 g/mol. The van der Waals surface area contributed by atoms with Crippen molar-refractivity contribution >= 4 is 17.5 Å². The first-order chi connectivity index (χ1) is 15.9. The van der Waals surface area contributed by atoms with Crippen LogP contribution in [0.25, 0.3) is 11.1 Å². The van der Waals surface area contributed by atoms with Crippen molar-refractivity contribution in [3.8, 4) is 16.9 Å². The Labute approximate surface area is 194 Å². The van der Waals surface area contributed by atoms with Gasteiger partial charge >= 0.3 is 0 Å². The minimum atomic E-state index is -0.296. The van der Waals surface area contributed by atoms with Crippen LogP contribution in [0.5, 0.6) is 5.75 Å². The lowest BCUT2D eigenvalue weighted by Gasteiger charge is -2.27. The van der Waals surface area contributed by atoms with Crippen molar-refractivity contribution in [3.05, 3.63) is 83.4 Å². The molecular formula is C27H29N3O3. The van der Waals surface area contributed by atoms with Gasteiger partial charge in [-0.2, -0.15) is 0 Å². The third kappa shape index (κ3) is 5.41. The first-order valence-corrected chi connectivity index (χ1v) is 11.3. The van der Waals surface area contributed by atoms with E-state index in [1.807, 2.05) is 41.3 Å². The molecule has 3 aromatic carbocycles. The third-order valence-electron chi connectivity index (χ3n) is 5.88. The van der Waals surface area contributed by atoms with Gasteiger partial charge < -0.3 is 20.6 Å². The highest BCUT2D eigenvalue weighted by atomic mass is 16.3.